The molecule has 2 N–H and O–H groups in total. The van der Waals surface area contributed by atoms with Crippen LogP contribution in [0, 0.1) is 0 Å². The molecule has 2 aromatic carbocycles. The number of amides is 1. The molecule has 3 rings (SSSR count). The van der Waals surface area contributed by atoms with Crippen LogP contribution in [-0.2, 0) is 16.1 Å². The Kier molecular flexibility index (Phi) is 4.74. The number of ether oxygens (including phenoxy) is 1. The van der Waals surface area contributed by atoms with Crippen LogP contribution in [0.5, 0.6) is 0 Å². The first-order chi connectivity index (χ1) is 12.0. The van der Waals surface area contributed by atoms with Gasteiger partial charge in [0.1, 0.15) is 0 Å². The Balaban J connectivity index is 1.88. The second kappa shape index (κ2) is 6.97. The number of benzene rings is 2. The van der Waals surface area contributed by atoms with Gasteiger partial charge in [-0.1, -0.05) is 30.3 Å². The maximum Gasteiger partial charge on any atom is 0.337 e. The van der Waals surface area contributed by atoms with E-state index in [1.165, 1.54) is 7.11 Å². The topological polar surface area (TPSA) is 72.6 Å². The number of carbonyl (C=O) groups is 2. The minimum Gasteiger partial charge on any atom is -0.465 e. The Morgan fingerprint density at radius 3 is 2.48 bits per heavy atom. The molecular weight excluding hydrogens is 316 g/mol. The number of hydrogen-bond acceptors (Lipinski definition) is 4. The second-order valence-corrected chi connectivity index (χ2v) is 6.41. The average Bonchev–Trinajstić information content (AvgIpc) is 2.63. The van der Waals surface area contributed by atoms with Crippen molar-refractivity contribution in [2.24, 2.45) is 5.73 Å². The lowest BCUT2D eigenvalue weighted by molar-refractivity contribution is -0.119. The van der Waals surface area contributed by atoms with Gasteiger partial charge in [-0.05, 0) is 42.7 Å². The Labute approximate surface area is 147 Å². The Bertz CT molecular complexity index is 786. The summed E-state index contributed by atoms with van der Waals surface area (Å²) >= 11 is 0. The van der Waals surface area contributed by atoms with Crippen LogP contribution in [0.15, 0.2) is 48.5 Å². The number of methoxy groups -OCH3 is 1. The number of carbonyl (C=O) groups excluding carboxylic acids is 2. The van der Waals surface area contributed by atoms with E-state index in [0.717, 1.165) is 16.8 Å². The van der Waals surface area contributed by atoms with Crippen molar-refractivity contribution in [3.8, 4) is 0 Å². The van der Waals surface area contributed by atoms with Gasteiger partial charge in [-0.2, -0.15) is 0 Å². The molecule has 0 aliphatic carbocycles. The SMILES string of the molecule is COC(=O)c1ccc(CN2c3ccccc3[C@H](C(N)=O)C[C@@H]2C)cc1. The molecular formula is C20H22N2O3. The molecule has 2 atom stereocenters. The van der Waals surface area contributed by atoms with E-state index < -0.39 is 0 Å². The first-order valence-electron chi connectivity index (χ1n) is 8.33. The normalized spacial score (nSPS) is 19.2. The molecule has 1 aliphatic heterocycles. The monoisotopic (exact) mass is 338 g/mol. The number of esters is 1. The van der Waals surface area contributed by atoms with Gasteiger partial charge < -0.3 is 15.4 Å². The quantitative estimate of drug-likeness (QED) is 0.870. The summed E-state index contributed by atoms with van der Waals surface area (Å²) in [5, 5.41) is 0. The van der Waals surface area contributed by atoms with Crippen LogP contribution in [-0.4, -0.2) is 25.0 Å². The number of nitrogens with zero attached hydrogens (tertiary/aromatic N) is 1. The predicted octanol–water partition coefficient (Wildman–Crippen LogP) is 2.84. The summed E-state index contributed by atoms with van der Waals surface area (Å²) in [6.45, 7) is 2.81. The maximum atomic E-state index is 11.8. The first-order valence-corrected chi connectivity index (χ1v) is 8.33. The third kappa shape index (κ3) is 3.36. The molecule has 0 unspecified atom stereocenters. The largest absolute Gasteiger partial charge is 0.465 e. The minimum atomic E-state index is -0.340. The van der Waals surface area contributed by atoms with Crippen LogP contribution in [0.25, 0.3) is 0 Å². The molecule has 5 nitrogen and oxygen atoms in total. The third-order valence-electron chi connectivity index (χ3n) is 4.80. The molecule has 0 bridgehead atoms. The molecule has 1 amide bonds. The molecule has 0 aromatic heterocycles. The number of hydrogen-bond donors (Lipinski definition) is 1. The van der Waals surface area contributed by atoms with Crippen molar-refractivity contribution in [3.63, 3.8) is 0 Å². The first kappa shape index (κ1) is 17.0. The zero-order valence-electron chi connectivity index (χ0n) is 14.4. The van der Waals surface area contributed by atoms with E-state index in [0.29, 0.717) is 18.5 Å². The summed E-state index contributed by atoms with van der Waals surface area (Å²) in [4.78, 5) is 25.7. The highest BCUT2D eigenvalue weighted by molar-refractivity contribution is 5.89. The number of fused-ring (bicyclic) bond motifs is 1. The van der Waals surface area contributed by atoms with Gasteiger partial charge in [-0.25, -0.2) is 4.79 Å². The summed E-state index contributed by atoms with van der Waals surface area (Å²) in [6, 6.07) is 15.5. The lowest BCUT2D eigenvalue weighted by Gasteiger charge is -2.40. The van der Waals surface area contributed by atoms with Gasteiger partial charge in [0.25, 0.3) is 0 Å². The number of para-hydroxylation sites is 1. The fourth-order valence-electron chi connectivity index (χ4n) is 3.45. The van der Waals surface area contributed by atoms with Crippen molar-refractivity contribution in [2.45, 2.75) is 31.8 Å². The highest BCUT2D eigenvalue weighted by Crippen LogP contribution is 2.38. The summed E-state index contributed by atoms with van der Waals surface area (Å²) in [5.41, 5.74) is 9.25. The highest BCUT2D eigenvalue weighted by atomic mass is 16.5. The standard InChI is InChI=1S/C20H22N2O3/c1-13-11-17(19(21)23)16-5-3-4-6-18(16)22(13)12-14-7-9-15(10-8-14)20(24)25-2/h3-10,13,17H,11-12H2,1-2H3,(H2,21,23)/t13-,17+/m0/s1. The molecule has 0 radical (unpaired) electrons. The molecule has 0 saturated carbocycles. The number of primary amides is 1. The third-order valence-corrected chi connectivity index (χ3v) is 4.80. The lowest BCUT2D eigenvalue weighted by Crippen LogP contribution is -2.41. The van der Waals surface area contributed by atoms with Gasteiger partial charge in [0, 0.05) is 18.3 Å². The van der Waals surface area contributed by atoms with Gasteiger partial charge >= 0.3 is 5.97 Å². The van der Waals surface area contributed by atoms with Crippen molar-refractivity contribution in [1.82, 2.24) is 0 Å². The van der Waals surface area contributed by atoms with Crippen molar-refractivity contribution in [2.75, 3.05) is 12.0 Å². The van der Waals surface area contributed by atoms with Gasteiger partial charge in [0.05, 0.1) is 18.6 Å². The van der Waals surface area contributed by atoms with Crippen LogP contribution in [0.2, 0.25) is 0 Å². The maximum absolute atomic E-state index is 11.8. The van der Waals surface area contributed by atoms with Gasteiger partial charge in [-0.3, -0.25) is 4.79 Å². The van der Waals surface area contributed by atoms with E-state index in [2.05, 4.69) is 11.8 Å². The van der Waals surface area contributed by atoms with E-state index >= 15 is 0 Å². The van der Waals surface area contributed by atoms with E-state index in [4.69, 9.17) is 10.5 Å². The molecule has 2 aromatic rings. The van der Waals surface area contributed by atoms with Gasteiger partial charge in [0.15, 0.2) is 0 Å². The molecule has 25 heavy (non-hydrogen) atoms. The minimum absolute atomic E-state index is 0.188. The fraction of sp³-hybridized carbons (Fsp3) is 0.300. The number of anilines is 1. The van der Waals surface area contributed by atoms with Gasteiger partial charge in [0.2, 0.25) is 5.91 Å². The lowest BCUT2D eigenvalue weighted by atomic mass is 9.85. The summed E-state index contributed by atoms with van der Waals surface area (Å²) in [6.07, 6.45) is 0.701. The average molecular weight is 338 g/mol. The van der Waals surface area contributed by atoms with Gasteiger partial charge in [-0.15, -0.1) is 0 Å². The Morgan fingerprint density at radius 1 is 1.16 bits per heavy atom. The summed E-state index contributed by atoms with van der Waals surface area (Å²) in [5.74, 6) is -0.863. The molecule has 1 heterocycles. The van der Waals surface area contributed by atoms with Crippen molar-refractivity contribution >= 4 is 17.6 Å². The van der Waals surface area contributed by atoms with E-state index in [1.807, 2.05) is 36.4 Å². The number of rotatable bonds is 4. The molecule has 0 spiro atoms. The van der Waals surface area contributed by atoms with E-state index in [1.54, 1.807) is 12.1 Å². The van der Waals surface area contributed by atoms with Crippen LogP contribution in [0.4, 0.5) is 5.69 Å². The van der Waals surface area contributed by atoms with Crippen molar-refractivity contribution in [3.05, 3.63) is 65.2 Å². The van der Waals surface area contributed by atoms with Crippen LogP contribution in [0.1, 0.15) is 40.7 Å². The zero-order chi connectivity index (χ0) is 18.0. The molecule has 5 heteroatoms. The van der Waals surface area contributed by atoms with Crippen molar-refractivity contribution in [1.29, 1.82) is 0 Å². The Morgan fingerprint density at radius 2 is 1.84 bits per heavy atom. The predicted molar refractivity (Wildman–Crippen MR) is 96.4 cm³/mol. The number of nitrogens with two attached hydrogens (primary N) is 1. The molecule has 0 saturated heterocycles. The molecule has 1 aliphatic rings. The highest BCUT2D eigenvalue weighted by Gasteiger charge is 2.32. The summed E-state index contributed by atoms with van der Waals surface area (Å²) in [7, 11) is 1.37. The molecule has 130 valence electrons. The van der Waals surface area contributed by atoms with E-state index in [9.17, 15) is 9.59 Å². The van der Waals surface area contributed by atoms with E-state index in [-0.39, 0.29) is 23.8 Å². The zero-order valence-corrected chi connectivity index (χ0v) is 14.4. The van der Waals surface area contributed by atoms with Crippen LogP contribution in [0.3, 0.4) is 0 Å². The summed E-state index contributed by atoms with van der Waals surface area (Å²) < 4.78 is 4.73. The van der Waals surface area contributed by atoms with Crippen LogP contribution < -0.4 is 10.6 Å². The van der Waals surface area contributed by atoms with Crippen LogP contribution >= 0.6 is 0 Å². The fourth-order valence-corrected chi connectivity index (χ4v) is 3.45. The smallest absolute Gasteiger partial charge is 0.337 e. The second-order valence-electron chi connectivity index (χ2n) is 6.41. The Hall–Kier alpha value is -2.82. The van der Waals surface area contributed by atoms with Crippen molar-refractivity contribution < 1.29 is 14.3 Å². The molecule has 0 fully saturated rings.